The van der Waals surface area contributed by atoms with Crippen LogP contribution in [0.4, 0.5) is 17.1 Å². The minimum Gasteiger partial charge on any atom is -0.493 e. The Morgan fingerprint density at radius 1 is 1.20 bits per heavy atom. The molecule has 2 aromatic carbocycles. The van der Waals surface area contributed by atoms with Crippen molar-refractivity contribution in [1.29, 1.82) is 0 Å². The molecular weight excluding hydrogens is 404 g/mol. The number of fused-ring (bicyclic) bond motifs is 3. The van der Waals surface area contributed by atoms with E-state index in [1.807, 2.05) is 54.7 Å². The molecule has 8 heteroatoms. The molecule has 0 fully saturated rings. The molecule has 2 aromatic rings. The maximum atomic E-state index is 9.47. The van der Waals surface area contributed by atoms with Crippen LogP contribution in [-0.2, 0) is 0 Å². The first-order chi connectivity index (χ1) is 14.6. The van der Waals surface area contributed by atoms with E-state index in [4.69, 9.17) is 21.1 Å². The van der Waals surface area contributed by atoms with Crippen LogP contribution in [0, 0.1) is 6.92 Å². The Balaban J connectivity index is 1.73. The number of aryl methyl sites for hydroxylation is 1. The first-order valence-electron chi connectivity index (χ1n) is 9.79. The number of allylic oxidation sites excluding steroid dienone is 1. The Morgan fingerprint density at radius 2 is 1.97 bits per heavy atom. The van der Waals surface area contributed by atoms with Crippen LogP contribution in [0.2, 0.25) is 5.02 Å². The van der Waals surface area contributed by atoms with Gasteiger partial charge in [0.15, 0.2) is 11.5 Å². The molecule has 2 heterocycles. The van der Waals surface area contributed by atoms with Gasteiger partial charge in [0.1, 0.15) is 6.17 Å². The van der Waals surface area contributed by atoms with Crippen LogP contribution in [-0.4, -0.2) is 43.3 Å². The molecule has 0 spiro atoms. The van der Waals surface area contributed by atoms with Gasteiger partial charge < -0.3 is 19.5 Å². The highest BCUT2D eigenvalue weighted by Gasteiger charge is 2.36. The van der Waals surface area contributed by atoms with Crippen LogP contribution >= 0.6 is 11.6 Å². The number of hydrazine groups is 1. The Kier molecular flexibility index (Phi) is 5.74. The lowest BCUT2D eigenvalue weighted by Crippen LogP contribution is -2.43. The summed E-state index contributed by atoms with van der Waals surface area (Å²) in [6.45, 7) is 2.13. The number of benzene rings is 2. The fraction of sp³-hybridized carbons (Fsp3) is 0.318. The topological polar surface area (TPSA) is 69.6 Å². The van der Waals surface area contributed by atoms with Crippen molar-refractivity contribution in [3.8, 4) is 11.5 Å². The van der Waals surface area contributed by atoms with Crippen molar-refractivity contribution in [2.45, 2.75) is 25.9 Å². The average Bonchev–Trinajstić information content (AvgIpc) is 3.11. The third kappa shape index (κ3) is 3.55. The number of para-hydroxylation sites is 1. The molecule has 0 saturated heterocycles. The van der Waals surface area contributed by atoms with Crippen molar-refractivity contribution < 1.29 is 14.6 Å². The summed E-state index contributed by atoms with van der Waals surface area (Å²) in [6.07, 6.45) is 5.15. The summed E-state index contributed by atoms with van der Waals surface area (Å²) in [5, 5.41) is 12.2. The second-order valence-electron chi connectivity index (χ2n) is 7.18. The lowest BCUT2D eigenvalue weighted by atomic mass is 10.1. The highest BCUT2D eigenvalue weighted by Crippen LogP contribution is 2.46. The predicted octanol–water partition coefficient (Wildman–Crippen LogP) is 4.47. The first kappa shape index (κ1) is 20.4. The molecule has 0 aliphatic carbocycles. The van der Waals surface area contributed by atoms with E-state index >= 15 is 0 Å². The van der Waals surface area contributed by atoms with Gasteiger partial charge in [-0.1, -0.05) is 23.7 Å². The summed E-state index contributed by atoms with van der Waals surface area (Å²) in [4.78, 5) is 6.80. The largest absolute Gasteiger partial charge is 0.493 e. The molecular formula is C22H25ClN4O3. The molecule has 2 aliphatic heterocycles. The van der Waals surface area contributed by atoms with E-state index in [0.717, 1.165) is 34.7 Å². The maximum Gasteiger partial charge on any atom is 0.163 e. The van der Waals surface area contributed by atoms with Gasteiger partial charge in [-0.25, -0.2) is 0 Å². The molecule has 0 amide bonds. The minimum atomic E-state index is -0.0774. The van der Waals surface area contributed by atoms with Gasteiger partial charge in [-0.3, -0.25) is 15.4 Å². The number of hydrogen-bond acceptors (Lipinski definition) is 7. The van der Waals surface area contributed by atoms with Crippen molar-refractivity contribution in [3.05, 3.63) is 52.8 Å². The van der Waals surface area contributed by atoms with Gasteiger partial charge in [0.2, 0.25) is 0 Å². The molecule has 0 bridgehead atoms. The molecule has 1 atom stereocenters. The van der Waals surface area contributed by atoms with Crippen LogP contribution in [0.3, 0.4) is 0 Å². The first-order valence-corrected chi connectivity index (χ1v) is 10.2. The fourth-order valence-electron chi connectivity index (χ4n) is 3.82. The van der Waals surface area contributed by atoms with Crippen LogP contribution in [0.25, 0.3) is 0 Å². The van der Waals surface area contributed by atoms with Crippen LogP contribution < -0.4 is 19.8 Å². The summed E-state index contributed by atoms with van der Waals surface area (Å²) in [5.74, 6) is 1.27. The summed E-state index contributed by atoms with van der Waals surface area (Å²) >= 11 is 6.45. The average molecular weight is 429 g/mol. The summed E-state index contributed by atoms with van der Waals surface area (Å²) in [6, 6.07) is 9.62. The van der Waals surface area contributed by atoms with E-state index in [2.05, 4.69) is 15.3 Å². The summed E-state index contributed by atoms with van der Waals surface area (Å²) in [5.41, 5.74) is 8.02. The smallest absolute Gasteiger partial charge is 0.163 e. The SMILES string of the molecule is COc1cc2c(cc1OC)N1C(=CN(Nc3c(C)cccc3Cl)C1CCCO)C=N2. The molecule has 2 aliphatic rings. The van der Waals surface area contributed by atoms with Gasteiger partial charge in [0.25, 0.3) is 0 Å². The van der Waals surface area contributed by atoms with Gasteiger partial charge >= 0.3 is 0 Å². The molecule has 0 radical (unpaired) electrons. The zero-order valence-corrected chi connectivity index (χ0v) is 18.0. The van der Waals surface area contributed by atoms with Gasteiger partial charge in [-0.2, -0.15) is 0 Å². The molecule has 158 valence electrons. The number of hydrogen-bond donors (Lipinski definition) is 2. The zero-order valence-electron chi connectivity index (χ0n) is 17.2. The van der Waals surface area contributed by atoms with E-state index in [9.17, 15) is 5.11 Å². The quantitative estimate of drug-likeness (QED) is 0.678. The number of anilines is 2. The fourth-order valence-corrected chi connectivity index (χ4v) is 4.09. The highest BCUT2D eigenvalue weighted by molar-refractivity contribution is 6.33. The van der Waals surface area contributed by atoms with Gasteiger partial charge in [-0.15, -0.1) is 0 Å². The number of methoxy groups -OCH3 is 2. The van der Waals surface area contributed by atoms with Crippen LogP contribution in [0.1, 0.15) is 18.4 Å². The van der Waals surface area contributed by atoms with Crippen molar-refractivity contribution in [1.82, 2.24) is 5.01 Å². The molecule has 7 nitrogen and oxygen atoms in total. The van der Waals surface area contributed by atoms with E-state index in [1.165, 1.54) is 0 Å². The normalized spacial score (nSPS) is 16.8. The van der Waals surface area contributed by atoms with Crippen LogP contribution in [0.5, 0.6) is 11.5 Å². The van der Waals surface area contributed by atoms with E-state index in [0.29, 0.717) is 22.9 Å². The second kappa shape index (κ2) is 8.45. The lowest BCUT2D eigenvalue weighted by Gasteiger charge is -2.36. The Labute approximate surface area is 181 Å². The highest BCUT2D eigenvalue weighted by atomic mass is 35.5. The van der Waals surface area contributed by atoms with E-state index in [-0.39, 0.29) is 12.8 Å². The Hall–Kier alpha value is -2.90. The molecule has 1 unspecified atom stereocenters. The number of nitrogens with one attached hydrogen (secondary N) is 1. The van der Waals surface area contributed by atoms with Crippen LogP contribution in [0.15, 0.2) is 47.2 Å². The van der Waals surface area contributed by atoms with E-state index < -0.39 is 0 Å². The number of ether oxygens (including phenoxy) is 2. The molecule has 30 heavy (non-hydrogen) atoms. The van der Waals surface area contributed by atoms with Crippen molar-refractivity contribution in [2.24, 2.45) is 4.99 Å². The Morgan fingerprint density at radius 3 is 2.67 bits per heavy atom. The Bertz CT molecular complexity index is 988. The zero-order chi connectivity index (χ0) is 21.3. The number of aliphatic hydroxyl groups excluding tert-OH is 1. The van der Waals surface area contributed by atoms with Gasteiger partial charge in [0, 0.05) is 24.9 Å². The predicted molar refractivity (Wildman–Crippen MR) is 120 cm³/mol. The number of aliphatic hydroxyl groups is 1. The number of halogens is 1. The van der Waals surface area contributed by atoms with E-state index in [1.54, 1.807) is 14.2 Å². The monoisotopic (exact) mass is 428 g/mol. The summed E-state index contributed by atoms with van der Waals surface area (Å²) in [7, 11) is 3.23. The summed E-state index contributed by atoms with van der Waals surface area (Å²) < 4.78 is 10.9. The van der Waals surface area contributed by atoms with Crippen molar-refractivity contribution in [2.75, 3.05) is 31.2 Å². The maximum absolute atomic E-state index is 9.47. The second-order valence-corrected chi connectivity index (χ2v) is 7.58. The van der Waals surface area contributed by atoms with Crippen molar-refractivity contribution in [3.63, 3.8) is 0 Å². The molecule has 2 N–H and O–H groups in total. The number of rotatable bonds is 7. The minimum absolute atomic E-state index is 0.0774. The molecule has 4 rings (SSSR count). The number of nitrogens with zero attached hydrogens (tertiary/aromatic N) is 3. The number of aliphatic imine (C=N–C) groups is 1. The third-order valence-corrected chi connectivity index (χ3v) is 5.64. The molecule has 0 aromatic heterocycles. The van der Waals surface area contributed by atoms with Gasteiger partial charge in [-0.05, 0) is 31.4 Å². The standard InChI is InChI=1S/C22H25ClN4O3/c1-14-6-4-7-16(23)22(14)25-26-13-15-12-24-17-10-19(29-2)20(30-3)11-18(17)27(15)21(26)8-5-9-28/h4,6-7,10-13,21,25,28H,5,8-9H2,1-3H3. The van der Waals surface area contributed by atoms with Gasteiger partial charge in [0.05, 0.1) is 48.2 Å². The van der Waals surface area contributed by atoms with Crippen molar-refractivity contribution >= 4 is 34.9 Å². The molecule has 0 saturated carbocycles. The lowest BCUT2D eigenvalue weighted by molar-refractivity contribution is 0.254. The third-order valence-electron chi connectivity index (χ3n) is 5.33.